The van der Waals surface area contributed by atoms with Crippen LogP contribution >= 0.6 is 38.5 Å². The maximum absolute atomic E-state index is 12.4. The maximum atomic E-state index is 12.4. The fourth-order valence-electron chi connectivity index (χ4n) is 1.70. The monoisotopic (exact) mass is 430 g/mol. The van der Waals surface area contributed by atoms with Crippen LogP contribution in [0.5, 0.6) is 0 Å². The van der Waals surface area contributed by atoms with Gasteiger partial charge in [-0.1, -0.05) is 22.0 Å². The Labute approximate surface area is 134 Å². The van der Waals surface area contributed by atoms with Gasteiger partial charge in [0.1, 0.15) is 0 Å². The van der Waals surface area contributed by atoms with Crippen molar-refractivity contribution < 1.29 is 4.79 Å². The minimum Gasteiger partial charge on any atom is -0.337 e. The third-order valence-electron chi connectivity index (χ3n) is 2.65. The standard InChI is InChI=1S/C14H12BrIN2O/c1-18(9-10-3-2-6-17-8-10)14(19)12-7-11(15)4-5-13(12)16/h2-8H,9H2,1H3. The van der Waals surface area contributed by atoms with Crippen molar-refractivity contribution in [2.24, 2.45) is 0 Å². The fourth-order valence-corrected chi connectivity index (χ4v) is 2.63. The summed E-state index contributed by atoms with van der Waals surface area (Å²) in [7, 11) is 1.80. The summed E-state index contributed by atoms with van der Waals surface area (Å²) in [6, 6.07) is 9.54. The van der Waals surface area contributed by atoms with Gasteiger partial charge in [0, 0.05) is 34.0 Å². The molecular weight excluding hydrogens is 419 g/mol. The summed E-state index contributed by atoms with van der Waals surface area (Å²) in [6.45, 7) is 0.551. The van der Waals surface area contributed by atoms with E-state index in [2.05, 4.69) is 43.5 Å². The lowest BCUT2D eigenvalue weighted by molar-refractivity contribution is 0.0784. The van der Waals surface area contributed by atoms with Crippen molar-refractivity contribution in [3.8, 4) is 0 Å². The lowest BCUT2D eigenvalue weighted by Gasteiger charge is -2.18. The highest BCUT2D eigenvalue weighted by Gasteiger charge is 2.15. The fraction of sp³-hybridized carbons (Fsp3) is 0.143. The Morgan fingerprint density at radius 1 is 1.42 bits per heavy atom. The quantitative estimate of drug-likeness (QED) is 0.695. The largest absolute Gasteiger partial charge is 0.337 e. The molecule has 5 heteroatoms. The number of aromatic nitrogens is 1. The minimum atomic E-state index is 0.00885. The zero-order chi connectivity index (χ0) is 13.8. The van der Waals surface area contributed by atoms with Crippen LogP contribution in [0, 0.1) is 3.57 Å². The van der Waals surface area contributed by atoms with Gasteiger partial charge in [0.25, 0.3) is 5.91 Å². The highest BCUT2D eigenvalue weighted by atomic mass is 127. The summed E-state index contributed by atoms with van der Waals surface area (Å²) in [5.74, 6) is 0.00885. The molecule has 0 aliphatic heterocycles. The van der Waals surface area contributed by atoms with Gasteiger partial charge >= 0.3 is 0 Å². The molecule has 0 bridgehead atoms. The number of carbonyl (C=O) groups excluding carboxylic acids is 1. The van der Waals surface area contributed by atoms with E-state index in [1.807, 2.05) is 30.3 Å². The zero-order valence-electron chi connectivity index (χ0n) is 10.3. The predicted molar refractivity (Wildman–Crippen MR) is 86.9 cm³/mol. The van der Waals surface area contributed by atoms with Gasteiger partial charge in [-0.3, -0.25) is 9.78 Å². The van der Waals surface area contributed by atoms with Gasteiger partial charge in [-0.2, -0.15) is 0 Å². The molecule has 0 spiro atoms. The van der Waals surface area contributed by atoms with Crippen molar-refractivity contribution in [2.75, 3.05) is 7.05 Å². The van der Waals surface area contributed by atoms with E-state index in [1.165, 1.54) is 0 Å². The number of amides is 1. The molecule has 1 heterocycles. The molecule has 2 rings (SSSR count). The first-order valence-electron chi connectivity index (χ1n) is 5.67. The number of carbonyl (C=O) groups is 1. The summed E-state index contributed by atoms with van der Waals surface area (Å²) in [5.41, 5.74) is 1.73. The van der Waals surface area contributed by atoms with Crippen molar-refractivity contribution in [1.82, 2.24) is 9.88 Å². The molecule has 0 aliphatic carbocycles. The molecule has 1 aromatic heterocycles. The van der Waals surface area contributed by atoms with Crippen LogP contribution in [0.2, 0.25) is 0 Å². The van der Waals surface area contributed by atoms with Crippen LogP contribution in [0.4, 0.5) is 0 Å². The van der Waals surface area contributed by atoms with Crippen LogP contribution in [0.3, 0.4) is 0 Å². The second kappa shape index (κ2) is 6.47. The van der Waals surface area contributed by atoms with Crippen molar-refractivity contribution in [1.29, 1.82) is 0 Å². The number of rotatable bonds is 3. The summed E-state index contributed by atoms with van der Waals surface area (Å²) >= 11 is 5.57. The number of nitrogens with zero attached hydrogens (tertiary/aromatic N) is 2. The van der Waals surface area contributed by atoms with Crippen molar-refractivity contribution >= 4 is 44.4 Å². The summed E-state index contributed by atoms with van der Waals surface area (Å²) < 4.78 is 1.86. The molecule has 1 aromatic carbocycles. The first kappa shape index (κ1) is 14.5. The van der Waals surface area contributed by atoms with Crippen molar-refractivity contribution in [3.63, 3.8) is 0 Å². The van der Waals surface area contributed by atoms with E-state index in [-0.39, 0.29) is 5.91 Å². The Morgan fingerprint density at radius 2 is 2.21 bits per heavy atom. The number of hydrogen-bond donors (Lipinski definition) is 0. The molecule has 0 atom stereocenters. The Hall–Kier alpha value is -0.950. The Bertz CT molecular complexity index is 589. The minimum absolute atomic E-state index is 0.00885. The summed E-state index contributed by atoms with van der Waals surface area (Å²) in [5, 5.41) is 0. The van der Waals surface area contributed by atoms with E-state index in [4.69, 9.17) is 0 Å². The maximum Gasteiger partial charge on any atom is 0.255 e. The molecule has 0 unspecified atom stereocenters. The number of benzene rings is 1. The Kier molecular flexibility index (Phi) is 4.93. The van der Waals surface area contributed by atoms with Gasteiger partial charge in [-0.15, -0.1) is 0 Å². The molecule has 0 fully saturated rings. The molecule has 19 heavy (non-hydrogen) atoms. The van der Waals surface area contributed by atoms with Crippen molar-refractivity contribution in [3.05, 3.63) is 61.9 Å². The van der Waals surface area contributed by atoms with Crippen LogP contribution in [-0.4, -0.2) is 22.8 Å². The third-order valence-corrected chi connectivity index (χ3v) is 4.08. The number of halogens is 2. The predicted octanol–water partition coefficient (Wildman–Crippen LogP) is 3.72. The summed E-state index contributed by atoms with van der Waals surface area (Å²) in [6.07, 6.45) is 3.50. The molecule has 98 valence electrons. The highest BCUT2D eigenvalue weighted by Crippen LogP contribution is 2.20. The van der Waals surface area contributed by atoms with Gasteiger partial charge in [0.05, 0.1) is 5.56 Å². The van der Waals surface area contributed by atoms with E-state index in [1.54, 1.807) is 24.3 Å². The van der Waals surface area contributed by atoms with E-state index < -0.39 is 0 Å². The lowest BCUT2D eigenvalue weighted by Crippen LogP contribution is -2.27. The normalized spacial score (nSPS) is 10.3. The van der Waals surface area contributed by atoms with Crippen LogP contribution in [0.15, 0.2) is 47.2 Å². The van der Waals surface area contributed by atoms with Gasteiger partial charge in [-0.05, 0) is 52.4 Å². The second-order valence-corrected chi connectivity index (χ2v) is 6.22. The van der Waals surface area contributed by atoms with Gasteiger partial charge in [0.2, 0.25) is 0 Å². The number of hydrogen-bond acceptors (Lipinski definition) is 2. The van der Waals surface area contributed by atoms with Crippen molar-refractivity contribution in [2.45, 2.75) is 6.54 Å². The molecule has 0 saturated carbocycles. The average molecular weight is 431 g/mol. The molecule has 0 saturated heterocycles. The molecule has 0 radical (unpaired) electrons. The molecule has 3 nitrogen and oxygen atoms in total. The zero-order valence-corrected chi connectivity index (χ0v) is 14.1. The highest BCUT2D eigenvalue weighted by molar-refractivity contribution is 14.1. The van der Waals surface area contributed by atoms with Gasteiger partial charge < -0.3 is 4.90 Å². The molecule has 2 aromatic rings. The first-order valence-corrected chi connectivity index (χ1v) is 7.54. The van der Waals surface area contributed by atoms with E-state index in [0.717, 1.165) is 13.6 Å². The molecule has 0 N–H and O–H groups in total. The smallest absolute Gasteiger partial charge is 0.255 e. The average Bonchev–Trinajstić information content (AvgIpc) is 2.42. The second-order valence-electron chi connectivity index (χ2n) is 4.15. The van der Waals surface area contributed by atoms with E-state index >= 15 is 0 Å². The molecular formula is C14H12BrIN2O. The Balaban J connectivity index is 2.17. The topological polar surface area (TPSA) is 33.2 Å². The van der Waals surface area contributed by atoms with Crippen LogP contribution in [-0.2, 0) is 6.54 Å². The Morgan fingerprint density at radius 3 is 2.89 bits per heavy atom. The first-order chi connectivity index (χ1) is 9.08. The summed E-state index contributed by atoms with van der Waals surface area (Å²) in [4.78, 5) is 18.2. The van der Waals surface area contributed by atoms with E-state index in [9.17, 15) is 4.79 Å². The molecule has 1 amide bonds. The molecule has 0 aliphatic rings. The van der Waals surface area contributed by atoms with Gasteiger partial charge in [0.15, 0.2) is 0 Å². The van der Waals surface area contributed by atoms with E-state index in [0.29, 0.717) is 12.1 Å². The lowest BCUT2D eigenvalue weighted by atomic mass is 10.2. The van der Waals surface area contributed by atoms with Crippen LogP contribution in [0.1, 0.15) is 15.9 Å². The van der Waals surface area contributed by atoms with Crippen LogP contribution in [0.25, 0.3) is 0 Å². The van der Waals surface area contributed by atoms with Crippen LogP contribution < -0.4 is 0 Å². The third kappa shape index (κ3) is 3.76. The SMILES string of the molecule is CN(Cc1cccnc1)C(=O)c1cc(Br)ccc1I. The van der Waals surface area contributed by atoms with Gasteiger partial charge in [-0.25, -0.2) is 0 Å². The number of pyridine rings is 1.